The van der Waals surface area contributed by atoms with Crippen molar-refractivity contribution in [1.82, 2.24) is 9.97 Å². The Morgan fingerprint density at radius 3 is 2.59 bits per heavy atom. The zero-order valence-corrected chi connectivity index (χ0v) is 15.2. The van der Waals surface area contributed by atoms with Gasteiger partial charge < -0.3 is 5.73 Å². The van der Waals surface area contributed by atoms with Crippen LogP contribution in [0.1, 0.15) is 0 Å². The number of benzene rings is 2. The van der Waals surface area contributed by atoms with Crippen LogP contribution in [-0.4, -0.2) is 21.9 Å². The van der Waals surface area contributed by atoms with Gasteiger partial charge in [-0.05, 0) is 47.8 Å². The van der Waals surface area contributed by atoms with Gasteiger partial charge in [0.25, 0.3) is 0 Å². The maximum Gasteiger partial charge on any atom is 0.191 e. The first-order valence-corrected chi connectivity index (χ1v) is 8.74. The first kappa shape index (κ1) is 18.5. The molecule has 0 saturated carbocycles. The molecule has 3 rings (SSSR count). The lowest BCUT2D eigenvalue weighted by molar-refractivity contribution is 0.631. The first-order chi connectivity index (χ1) is 13.1. The van der Waals surface area contributed by atoms with Gasteiger partial charge in [0.15, 0.2) is 5.17 Å². The molecule has 0 unspecified atom stereocenters. The highest BCUT2D eigenvalue weighted by Crippen LogP contribution is 2.34. The zero-order chi connectivity index (χ0) is 19.2. The van der Waals surface area contributed by atoms with Gasteiger partial charge in [-0.3, -0.25) is 4.98 Å². The van der Waals surface area contributed by atoms with Gasteiger partial charge in [0.2, 0.25) is 0 Å². The summed E-state index contributed by atoms with van der Waals surface area (Å²) in [6.07, 6.45) is 4.25. The molecule has 0 aliphatic carbocycles. The summed E-state index contributed by atoms with van der Waals surface area (Å²) in [7, 11) is 0. The summed E-state index contributed by atoms with van der Waals surface area (Å²) in [5, 5.41) is 0.465. The fourth-order valence-electron chi connectivity index (χ4n) is 2.44. The highest BCUT2D eigenvalue weighted by atomic mass is 32.2. The van der Waals surface area contributed by atoms with E-state index >= 15 is 0 Å². The maximum atomic E-state index is 14.7. The second-order valence-corrected chi connectivity index (χ2v) is 6.38. The monoisotopic (exact) mass is 377 g/mol. The molecular weight excluding hydrogens is 361 g/mol. The van der Waals surface area contributed by atoms with E-state index < -0.39 is 5.82 Å². The molecule has 0 fully saturated rings. The summed E-state index contributed by atoms with van der Waals surface area (Å²) in [5.74, 6) is -0.109. The van der Waals surface area contributed by atoms with Crippen LogP contribution in [0, 0.1) is 5.82 Å². The number of halogens is 1. The Morgan fingerprint density at radius 1 is 1.11 bits per heavy atom. The summed E-state index contributed by atoms with van der Waals surface area (Å²) in [4.78, 5) is 16.9. The van der Waals surface area contributed by atoms with Crippen LogP contribution in [0.5, 0.6) is 0 Å². The molecule has 27 heavy (non-hydrogen) atoms. The van der Waals surface area contributed by atoms with Crippen molar-refractivity contribution in [2.45, 2.75) is 4.90 Å². The maximum absolute atomic E-state index is 14.7. The van der Waals surface area contributed by atoms with Crippen LogP contribution >= 0.6 is 11.8 Å². The van der Waals surface area contributed by atoms with Crippen molar-refractivity contribution >= 4 is 29.5 Å². The highest BCUT2D eigenvalue weighted by Gasteiger charge is 2.12. The molecule has 0 radical (unpaired) electrons. The summed E-state index contributed by atoms with van der Waals surface area (Å²) < 4.78 is 14.7. The number of amidine groups is 1. The van der Waals surface area contributed by atoms with Gasteiger partial charge in [-0.15, -0.1) is 0 Å². The van der Waals surface area contributed by atoms with E-state index in [1.165, 1.54) is 36.4 Å². The fraction of sp³-hybridized carbons (Fsp3) is 0. The van der Waals surface area contributed by atoms with Gasteiger partial charge in [0, 0.05) is 16.7 Å². The van der Waals surface area contributed by atoms with Crippen LogP contribution in [0.3, 0.4) is 0 Å². The van der Waals surface area contributed by atoms with E-state index in [1.807, 2.05) is 30.3 Å². The molecule has 2 aromatic carbocycles. The zero-order valence-electron chi connectivity index (χ0n) is 14.3. The Labute approximate surface area is 160 Å². The predicted molar refractivity (Wildman–Crippen MR) is 110 cm³/mol. The van der Waals surface area contributed by atoms with E-state index in [4.69, 9.17) is 5.73 Å². The number of rotatable bonds is 4. The molecule has 0 amide bonds. The Balaban J connectivity index is 1.99. The number of nitrogen functional groups attached to an aromatic ring is 1. The molecule has 0 bridgehead atoms. The first-order valence-electron chi connectivity index (χ1n) is 7.92. The number of anilines is 1. The second kappa shape index (κ2) is 8.37. The van der Waals surface area contributed by atoms with E-state index in [2.05, 4.69) is 33.2 Å². The molecule has 0 spiro atoms. The number of aliphatic imine (C=N–C) groups is 2. The summed E-state index contributed by atoms with van der Waals surface area (Å²) >= 11 is 1.33. The smallest absolute Gasteiger partial charge is 0.191 e. The molecule has 0 saturated heterocycles. The van der Waals surface area contributed by atoms with Crippen LogP contribution in [0.2, 0.25) is 0 Å². The van der Waals surface area contributed by atoms with Crippen molar-refractivity contribution in [3.05, 3.63) is 73.5 Å². The summed E-state index contributed by atoms with van der Waals surface area (Å²) in [6.45, 7) is 7.08. The van der Waals surface area contributed by atoms with Gasteiger partial charge >= 0.3 is 0 Å². The molecule has 0 atom stereocenters. The van der Waals surface area contributed by atoms with E-state index in [-0.39, 0.29) is 5.82 Å². The van der Waals surface area contributed by atoms with Gasteiger partial charge in [-0.2, -0.15) is 0 Å². The topological polar surface area (TPSA) is 76.5 Å². The second-order valence-electron chi connectivity index (χ2n) is 5.37. The molecule has 0 aliphatic rings. The van der Waals surface area contributed by atoms with Gasteiger partial charge in [-0.25, -0.2) is 19.4 Å². The molecule has 5 nitrogen and oxygen atoms in total. The van der Waals surface area contributed by atoms with E-state index in [0.717, 1.165) is 16.0 Å². The van der Waals surface area contributed by atoms with Crippen LogP contribution in [0.25, 0.3) is 22.4 Å². The van der Waals surface area contributed by atoms with Crippen molar-refractivity contribution < 1.29 is 4.39 Å². The third-order valence-electron chi connectivity index (χ3n) is 3.65. The quantitative estimate of drug-likeness (QED) is 0.402. The number of hydrogen-bond acceptors (Lipinski definition) is 5. The third kappa shape index (κ3) is 4.27. The Hall–Kier alpha value is -3.32. The lowest BCUT2D eigenvalue weighted by Crippen LogP contribution is -1.95. The SMILES string of the molecule is C=CN=C(N=C)Sc1ccccc1-c1ccc(-c2cnc(N)cn2)c(F)c1. The van der Waals surface area contributed by atoms with Crippen LogP contribution in [0.4, 0.5) is 10.2 Å². The van der Waals surface area contributed by atoms with Crippen LogP contribution in [-0.2, 0) is 0 Å². The van der Waals surface area contributed by atoms with Gasteiger partial charge in [0.1, 0.15) is 11.6 Å². The molecule has 1 heterocycles. The molecule has 2 N–H and O–H groups in total. The van der Waals surface area contributed by atoms with Crippen LogP contribution < -0.4 is 5.73 Å². The molecule has 3 aromatic rings. The van der Waals surface area contributed by atoms with E-state index in [9.17, 15) is 4.39 Å². The third-order valence-corrected chi connectivity index (χ3v) is 4.65. The van der Waals surface area contributed by atoms with Crippen molar-refractivity contribution in [1.29, 1.82) is 0 Å². The Morgan fingerprint density at radius 2 is 1.93 bits per heavy atom. The lowest BCUT2D eigenvalue weighted by Gasteiger charge is -2.10. The van der Waals surface area contributed by atoms with Crippen molar-refractivity contribution in [3.8, 4) is 22.4 Å². The number of nitrogens with zero attached hydrogens (tertiary/aromatic N) is 4. The molecule has 0 aliphatic heterocycles. The van der Waals surface area contributed by atoms with Crippen molar-refractivity contribution in [3.63, 3.8) is 0 Å². The van der Waals surface area contributed by atoms with Crippen LogP contribution in [0.15, 0.2) is 82.5 Å². The highest BCUT2D eigenvalue weighted by molar-refractivity contribution is 8.14. The molecule has 7 heteroatoms. The van der Waals surface area contributed by atoms with E-state index in [1.54, 1.807) is 6.07 Å². The average Bonchev–Trinajstić information content (AvgIpc) is 2.69. The lowest BCUT2D eigenvalue weighted by atomic mass is 10.0. The number of thioether (sulfide) groups is 1. The fourth-order valence-corrected chi connectivity index (χ4v) is 3.27. The molecule has 134 valence electrons. The minimum atomic E-state index is -0.395. The van der Waals surface area contributed by atoms with Crippen molar-refractivity contribution in [2.24, 2.45) is 9.98 Å². The average molecular weight is 377 g/mol. The Bertz CT molecular complexity index is 1020. The van der Waals surface area contributed by atoms with Gasteiger partial charge in [0.05, 0.1) is 18.1 Å². The minimum Gasteiger partial charge on any atom is -0.382 e. The van der Waals surface area contributed by atoms with Crippen molar-refractivity contribution in [2.75, 3.05) is 5.73 Å². The number of hydrogen-bond donors (Lipinski definition) is 1. The predicted octanol–water partition coefficient (Wildman–Crippen LogP) is 4.82. The largest absolute Gasteiger partial charge is 0.382 e. The molecule has 1 aromatic heterocycles. The normalized spacial score (nSPS) is 11.2. The number of aromatic nitrogens is 2. The van der Waals surface area contributed by atoms with E-state index in [0.29, 0.717) is 16.4 Å². The summed E-state index contributed by atoms with van der Waals surface area (Å²) in [6, 6.07) is 12.6. The standard InChI is InChI=1S/C20H16FN5S/c1-3-24-20(23-2)27-18-7-5-4-6-14(18)13-8-9-15(16(21)10-13)17-11-26-19(22)12-25-17/h3-12H,1-2H2,(H2,22,26). The Kier molecular flexibility index (Phi) is 5.73. The minimum absolute atomic E-state index is 0.287. The number of nitrogens with two attached hydrogens (primary N) is 1. The molecular formula is C20H16FN5S. The van der Waals surface area contributed by atoms with Gasteiger partial charge in [-0.1, -0.05) is 30.8 Å². The summed E-state index contributed by atoms with van der Waals surface area (Å²) in [5.41, 5.74) is 7.90.